The molecule has 2 aromatic carbocycles. The lowest BCUT2D eigenvalue weighted by Gasteiger charge is -2.24. The van der Waals surface area contributed by atoms with Crippen LogP contribution in [0.1, 0.15) is 104 Å². The van der Waals surface area contributed by atoms with Crippen LogP contribution in [0.2, 0.25) is 0 Å². The lowest BCUT2D eigenvalue weighted by Crippen LogP contribution is -2.28. The Kier molecular flexibility index (Phi) is 27.3. The van der Waals surface area contributed by atoms with Crippen molar-refractivity contribution in [3.05, 3.63) is 73.8 Å². The van der Waals surface area contributed by atoms with Gasteiger partial charge in [0.2, 0.25) is 0 Å². The lowest BCUT2D eigenvalue weighted by atomic mass is 9.82. The topological polar surface area (TPSA) is 264 Å². The van der Waals surface area contributed by atoms with Gasteiger partial charge in [0, 0.05) is 34.8 Å². The first kappa shape index (κ1) is 55.6. The van der Waals surface area contributed by atoms with Crippen molar-refractivity contribution in [2.75, 3.05) is 13.2 Å². The summed E-state index contributed by atoms with van der Waals surface area (Å²) in [6.07, 6.45) is 10.9. The molecule has 2 aliphatic rings. The quantitative estimate of drug-likeness (QED) is 0.0320. The molecule has 17 nitrogen and oxygen atoms in total. The van der Waals surface area contributed by atoms with Crippen LogP contribution in [0.3, 0.4) is 0 Å². The van der Waals surface area contributed by atoms with E-state index in [-0.39, 0.29) is 63.6 Å². The Bertz CT molecular complexity index is 1800. The van der Waals surface area contributed by atoms with E-state index in [0.29, 0.717) is 114 Å². The van der Waals surface area contributed by atoms with E-state index in [4.69, 9.17) is 44.1 Å². The van der Waals surface area contributed by atoms with Gasteiger partial charge in [-0.2, -0.15) is 0 Å². The number of carboxylic acids is 3. The second-order valence-electron chi connectivity index (χ2n) is 14.8. The molecule has 64 heavy (non-hydrogen) atoms. The number of benzene rings is 2. The number of phenols is 1. The van der Waals surface area contributed by atoms with Crippen LogP contribution in [0.5, 0.6) is 23.0 Å². The first-order valence-electron chi connectivity index (χ1n) is 20.9. The van der Waals surface area contributed by atoms with Gasteiger partial charge in [0.05, 0.1) is 36.9 Å². The molecule has 0 aromatic heterocycles. The Balaban J connectivity index is 0.00000103. The van der Waals surface area contributed by atoms with Crippen LogP contribution in [0.4, 0.5) is 0 Å². The molecule has 0 amide bonds. The van der Waals surface area contributed by atoms with Crippen molar-refractivity contribution >= 4 is 56.2 Å². The van der Waals surface area contributed by atoms with Crippen molar-refractivity contribution in [3.8, 4) is 23.0 Å². The van der Waals surface area contributed by atoms with Gasteiger partial charge >= 0.3 is 47.8 Å². The minimum atomic E-state index is -0.814. The summed E-state index contributed by atoms with van der Waals surface area (Å²) in [5, 5.41) is 35.3. The molecule has 0 saturated heterocycles. The van der Waals surface area contributed by atoms with Gasteiger partial charge in [0.15, 0.2) is 0 Å². The Morgan fingerprint density at radius 1 is 0.500 bits per heavy atom. The van der Waals surface area contributed by atoms with Gasteiger partial charge in [-0.15, -0.1) is 0 Å². The molecule has 0 spiro atoms. The van der Waals surface area contributed by atoms with Gasteiger partial charge in [-0.25, -0.2) is 9.59 Å². The fraction of sp³-hybridized carbons (Fsp3) is 0.478. The Morgan fingerprint density at radius 3 is 1.14 bits per heavy atom. The van der Waals surface area contributed by atoms with Crippen LogP contribution >= 0.6 is 0 Å². The molecular weight excluding hydrogens is 835 g/mol. The molecule has 2 fully saturated rings. The summed E-state index contributed by atoms with van der Waals surface area (Å²) in [5.41, 5.74) is 0. The fourth-order valence-corrected chi connectivity index (χ4v) is 6.38. The molecule has 349 valence electrons. The zero-order chi connectivity index (χ0) is 46.6. The number of carbonyl (C=O) groups is 8. The number of carbonyl (C=O) groups excluding carboxylic acids is 5. The molecule has 0 atom stereocenters. The zero-order valence-electron chi connectivity index (χ0n) is 35.9. The summed E-state index contributed by atoms with van der Waals surface area (Å²) in [5.74, 6) is -4.44. The molecule has 2 saturated carbocycles. The molecule has 2 aromatic rings. The third kappa shape index (κ3) is 23.7. The van der Waals surface area contributed by atoms with E-state index < -0.39 is 29.8 Å². The number of esters is 5. The molecule has 2 aliphatic carbocycles. The predicted molar refractivity (Wildman–Crippen MR) is 232 cm³/mol. The molecule has 4 N–H and O–H groups in total. The van der Waals surface area contributed by atoms with Gasteiger partial charge in [-0.05, 0) is 138 Å². The highest BCUT2D eigenvalue weighted by Crippen LogP contribution is 2.31. The van der Waals surface area contributed by atoms with Gasteiger partial charge in [-0.3, -0.25) is 28.8 Å². The molecule has 0 heterocycles. The maximum atomic E-state index is 12.3. The Labute approximate surface area is 375 Å². The van der Waals surface area contributed by atoms with E-state index >= 15 is 0 Å². The molecular formula is C46H60BO17. The van der Waals surface area contributed by atoms with E-state index in [0.717, 1.165) is 25.0 Å². The first-order chi connectivity index (χ1) is 30.1. The number of carboxylic acid groups (broad SMARTS) is 3. The highest BCUT2D eigenvalue weighted by Gasteiger charge is 2.31. The third-order valence-electron chi connectivity index (χ3n) is 10.1. The van der Waals surface area contributed by atoms with Crippen LogP contribution in [-0.4, -0.2) is 89.8 Å². The second-order valence-corrected chi connectivity index (χ2v) is 14.8. The van der Waals surface area contributed by atoms with Crippen molar-refractivity contribution in [1.82, 2.24) is 0 Å². The van der Waals surface area contributed by atoms with Crippen LogP contribution < -0.4 is 14.2 Å². The fourth-order valence-electron chi connectivity index (χ4n) is 6.38. The largest absolute Gasteiger partial charge is 0.508 e. The van der Waals surface area contributed by atoms with E-state index in [1.165, 1.54) is 24.3 Å². The number of phenolic OH excluding ortho intramolecular Hbond substituents is 1. The minimum Gasteiger partial charge on any atom is -0.508 e. The summed E-state index contributed by atoms with van der Waals surface area (Å²) in [4.78, 5) is 89.3. The molecule has 18 heteroatoms. The van der Waals surface area contributed by atoms with Crippen LogP contribution in [0, 0.1) is 23.7 Å². The maximum absolute atomic E-state index is 12.3. The number of aliphatic carboxylic acids is 3. The van der Waals surface area contributed by atoms with Crippen molar-refractivity contribution in [3.63, 3.8) is 0 Å². The molecule has 3 radical (unpaired) electrons. The Hall–Kier alpha value is -6.46. The van der Waals surface area contributed by atoms with E-state index in [1.54, 1.807) is 24.3 Å². The van der Waals surface area contributed by atoms with E-state index in [1.807, 2.05) is 0 Å². The van der Waals surface area contributed by atoms with E-state index in [2.05, 4.69) is 13.2 Å². The average molecular weight is 897 g/mol. The van der Waals surface area contributed by atoms with Gasteiger partial charge in [0.1, 0.15) is 23.0 Å². The molecule has 4 rings (SSSR count). The minimum absolute atomic E-state index is 0. The van der Waals surface area contributed by atoms with Crippen molar-refractivity contribution in [2.45, 2.75) is 103 Å². The molecule has 0 unspecified atom stereocenters. The number of unbranched alkanes of at least 4 members (excludes halogenated alkanes) is 4. The highest BCUT2D eigenvalue weighted by molar-refractivity contribution is 5.81. The second kappa shape index (κ2) is 31.4. The maximum Gasteiger partial charge on any atom is 0.330 e. The number of hydrogen-bond acceptors (Lipinski definition) is 14. The van der Waals surface area contributed by atoms with Crippen molar-refractivity contribution in [1.29, 1.82) is 0 Å². The molecule has 0 aliphatic heterocycles. The Morgan fingerprint density at radius 2 is 0.812 bits per heavy atom. The summed E-state index contributed by atoms with van der Waals surface area (Å²) < 4.78 is 25.4. The van der Waals surface area contributed by atoms with Gasteiger partial charge in [0.25, 0.3) is 0 Å². The van der Waals surface area contributed by atoms with Crippen molar-refractivity contribution < 1.29 is 83.9 Å². The predicted octanol–water partition coefficient (Wildman–Crippen LogP) is 7.09. The van der Waals surface area contributed by atoms with Crippen LogP contribution in [0.25, 0.3) is 0 Å². The molecule has 0 bridgehead atoms. The van der Waals surface area contributed by atoms with Gasteiger partial charge < -0.3 is 44.1 Å². The summed E-state index contributed by atoms with van der Waals surface area (Å²) in [6, 6.07) is 12.2. The van der Waals surface area contributed by atoms with Crippen LogP contribution in [-0.2, 0) is 47.8 Å². The first-order valence-corrected chi connectivity index (χ1v) is 20.9. The van der Waals surface area contributed by atoms with Gasteiger partial charge in [-0.1, -0.05) is 13.2 Å². The lowest BCUT2D eigenvalue weighted by molar-refractivity contribution is -0.148. The highest BCUT2D eigenvalue weighted by atomic mass is 16.6. The number of ether oxygens (including phenoxy) is 5. The summed E-state index contributed by atoms with van der Waals surface area (Å²) >= 11 is 0. The number of hydrogen-bond donors (Lipinski definition) is 4. The van der Waals surface area contributed by atoms with Crippen LogP contribution in [0.15, 0.2) is 73.8 Å². The zero-order valence-corrected chi connectivity index (χ0v) is 35.9. The normalized spacial score (nSPS) is 17.3. The SMILES string of the molecule is C=CC(=O)OCCCCCC(=O)Oc1ccc(O)cc1.C=CC(=O)OCCCCCC(=O)Oc1ccc(OC(=O)C2CCC(C(=O)O)CC2)cc1.O=C(O)C1CCC(C(=O)O)CC1.[2HH].[B]. The standard InChI is InChI=1S/C23H28O8.C15H18O5.C8H12O4.B.H2/c1-2-20(24)29-15-5-3-4-6-21(25)30-18-11-13-19(14-12-18)31-23(28)17-9-7-16(8-10-17)22(26)27;1-2-14(17)19-11-5-3-4-6-15(18)20-13-9-7-12(16)8-10-13;9-7(10)5-1-2-6(4-3-5)8(11)12;;/h2,11-14,16-17H,1,3-10,15H2,(H,26,27);2,7-10,16H,1,3-6,11H2;5-6H,1-4H2,(H,9,10)(H,11,12);;1H/i;;;;1+1. The summed E-state index contributed by atoms with van der Waals surface area (Å²) in [6.45, 7) is 7.23. The monoisotopic (exact) mass is 896 g/mol. The smallest absolute Gasteiger partial charge is 0.330 e. The number of rotatable bonds is 21. The van der Waals surface area contributed by atoms with E-state index in [9.17, 15) is 38.4 Å². The summed E-state index contributed by atoms with van der Waals surface area (Å²) in [7, 11) is 0. The third-order valence-corrected chi connectivity index (χ3v) is 10.1. The average Bonchev–Trinajstić information content (AvgIpc) is 3.27. The number of aromatic hydroxyl groups is 1. The van der Waals surface area contributed by atoms with Crippen molar-refractivity contribution in [2.24, 2.45) is 23.7 Å².